The van der Waals surface area contributed by atoms with E-state index in [0.29, 0.717) is 0 Å². The van der Waals surface area contributed by atoms with Crippen LogP contribution in [0.15, 0.2) is 106 Å². The summed E-state index contributed by atoms with van der Waals surface area (Å²) >= 11 is 0. The van der Waals surface area contributed by atoms with Crippen LogP contribution in [0.25, 0.3) is 66.3 Å². The predicted molar refractivity (Wildman–Crippen MR) is 129 cm³/mol. The molecule has 4 heteroatoms. The van der Waals surface area contributed by atoms with Gasteiger partial charge in [-0.15, -0.1) is 35.9 Å². The summed E-state index contributed by atoms with van der Waals surface area (Å²) in [4.78, 5) is 4.58. The Hall–Kier alpha value is -3.72. The van der Waals surface area contributed by atoms with Gasteiger partial charge in [-0.1, -0.05) is 42.5 Å². The van der Waals surface area contributed by atoms with E-state index in [0.717, 1.165) is 66.3 Å². The summed E-state index contributed by atoms with van der Waals surface area (Å²) in [5.74, 6) is 0. The van der Waals surface area contributed by atoms with E-state index in [4.69, 9.17) is 8.83 Å². The first-order valence-corrected chi connectivity index (χ1v) is 10.6. The zero-order valence-corrected chi connectivity index (χ0v) is 19.7. The summed E-state index contributed by atoms with van der Waals surface area (Å²) in [6.45, 7) is 0. The summed E-state index contributed by atoms with van der Waals surface area (Å²) in [5, 5.41) is 4.26. The second kappa shape index (κ2) is 7.70. The number of pyridine rings is 1. The van der Waals surface area contributed by atoms with Gasteiger partial charge < -0.3 is 13.8 Å². The quantitative estimate of drug-likeness (QED) is 0.188. The van der Waals surface area contributed by atoms with Crippen molar-refractivity contribution in [2.45, 2.75) is 0 Å². The van der Waals surface area contributed by atoms with Crippen molar-refractivity contribution < 1.29 is 28.9 Å². The van der Waals surface area contributed by atoms with Crippen molar-refractivity contribution in [1.82, 2.24) is 4.98 Å². The zero-order valence-electron chi connectivity index (χ0n) is 17.3. The van der Waals surface area contributed by atoms with Gasteiger partial charge in [0.15, 0.2) is 0 Å². The summed E-state index contributed by atoms with van der Waals surface area (Å²) in [7, 11) is 0. The molecule has 7 aromatic rings. The topological polar surface area (TPSA) is 39.2 Å². The monoisotopic (exact) mass is 603 g/mol. The number of rotatable bonds is 2. The summed E-state index contributed by atoms with van der Waals surface area (Å²) in [6.07, 6.45) is 1.85. The molecule has 0 unspecified atom stereocenters. The van der Waals surface area contributed by atoms with Crippen molar-refractivity contribution in [2.24, 2.45) is 0 Å². The molecule has 0 spiro atoms. The average Bonchev–Trinajstić information content (AvgIpc) is 3.42. The zero-order chi connectivity index (χ0) is 21.1. The van der Waals surface area contributed by atoms with E-state index in [1.165, 1.54) is 0 Å². The fourth-order valence-electron chi connectivity index (χ4n) is 4.62. The van der Waals surface area contributed by atoms with Gasteiger partial charge in [0.05, 0.1) is 5.39 Å². The third-order valence-corrected chi connectivity index (χ3v) is 6.05. The molecule has 0 amide bonds. The number of aromatic nitrogens is 1. The van der Waals surface area contributed by atoms with Crippen LogP contribution < -0.4 is 0 Å². The second-order valence-corrected chi connectivity index (χ2v) is 7.90. The number of nitrogens with zero attached hydrogens (tertiary/aromatic N) is 1. The Kier molecular flexibility index (Phi) is 4.65. The molecule has 0 aliphatic carbocycles. The largest absolute Gasteiger partial charge is 0.456 e. The molecule has 0 aliphatic heterocycles. The van der Waals surface area contributed by atoms with Crippen molar-refractivity contribution in [3.8, 4) is 22.4 Å². The number of benzene rings is 4. The van der Waals surface area contributed by atoms with Crippen LogP contribution in [0.1, 0.15) is 0 Å². The molecule has 3 nitrogen and oxygen atoms in total. The van der Waals surface area contributed by atoms with E-state index in [-0.39, 0.29) is 20.1 Å². The first kappa shape index (κ1) is 19.9. The fourth-order valence-corrected chi connectivity index (χ4v) is 4.62. The van der Waals surface area contributed by atoms with Gasteiger partial charge in [-0.3, -0.25) is 0 Å². The van der Waals surface area contributed by atoms with Gasteiger partial charge in [-0.2, -0.15) is 0 Å². The fraction of sp³-hybridized carbons (Fsp3) is 0. The van der Waals surface area contributed by atoms with Crippen LogP contribution in [0.5, 0.6) is 0 Å². The average molecular weight is 603 g/mol. The van der Waals surface area contributed by atoms with Gasteiger partial charge >= 0.3 is 0 Å². The smallest absolute Gasteiger partial charge is 0.147 e. The first-order valence-electron chi connectivity index (χ1n) is 10.6. The molecule has 1 radical (unpaired) electrons. The SMILES string of the molecule is [Ir].[c-]1ccccc1-c1cc(-c2cc3oc4ccccc4c3c3oc4ccccc4c23)ccn1. The van der Waals surface area contributed by atoms with Gasteiger partial charge in [0.2, 0.25) is 0 Å². The summed E-state index contributed by atoms with van der Waals surface area (Å²) < 4.78 is 12.7. The molecule has 0 saturated heterocycles. The Morgan fingerprint density at radius 2 is 1.39 bits per heavy atom. The van der Waals surface area contributed by atoms with Gasteiger partial charge in [0.1, 0.15) is 22.3 Å². The first-order chi connectivity index (χ1) is 15.9. The van der Waals surface area contributed by atoms with Crippen LogP contribution >= 0.6 is 0 Å². The Bertz CT molecular complexity index is 1780. The van der Waals surface area contributed by atoms with Crippen LogP contribution in [0.3, 0.4) is 0 Å². The van der Waals surface area contributed by atoms with Crippen molar-refractivity contribution in [3.05, 3.63) is 103 Å². The van der Waals surface area contributed by atoms with E-state index in [2.05, 4.69) is 41.4 Å². The van der Waals surface area contributed by atoms with Crippen LogP contribution in [0.2, 0.25) is 0 Å². The van der Waals surface area contributed by atoms with E-state index >= 15 is 0 Å². The maximum absolute atomic E-state index is 6.43. The Morgan fingerprint density at radius 3 is 2.18 bits per heavy atom. The van der Waals surface area contributed by atoms with Crippen LogP contribution in [0.4, 0.5) is 0 Å². The number of fused-ring (bicyclic) bond motifs is 7. The predicted octanol–water partition coefficient (Wildman–Crippen LogP) is 8.01. The normalized spacial score (nSPS) is 11.4. The van der Waals surface area contributed by atoms with E-state index in [1.807, 2.05) is 66.9 Å². The summed E-state index contributed by atoms with van der Waals surface area (Å²) in [5.41, 5.74) is 7.37. The molecular formula is C29H16IrNO2-. The molecule has 0 N–H and O–H groups in total. The number of para-hydroxylation sites is 2. The van der Waals surface area contributed by atoms with Gasteiger partial charge in [0.25, 0.3) is 0 Å². The standard InChI is InChI=1S/C29H16NO2.Ir/c1-2-8-18(9-3-1)23-16-19(14-15-30-23)22-17-26-28(21-11-5-6-12-24(21)31-26)29-27(22)20-10-4-7-13-25(20)32-29;/h1-8,10-17H;/q-1;. The molecule has 159 valence electrons. The van der Waals surface area contributed by atoms with Crippen molar-refractivity contribution in [3.63, 3.8) is 0 Å². The molecule has 3 heterocycles. The molecule has 0 saturated carbocycles. The van der Waals surface area contributed by atoms with E-state index in [1.54, 1.807) is 0 Å². The molecule has 33 heavy (non-hydrogen) atoms. The van der Waals surface area contributed by atoms with Crippen molar-refractivity contribution in [1.29, 1.82) is 0 Å². The van der Waals surface area contributed by atoms with Crippen LogP contribution in [-0.4, -0.2) is 4.98 Å². The minimum atomic E-state index is 0. The molecular weight excluding hydrogens is 587 g/mol. The van der Waals surface area contributed by atoms with Gasteiger partial charge in [-0.25, -0.2) is 0 Å². The third kappa shape index (κ3) is 3.03. The molecule has 7 rings (SSSR count). The second-order valence-electron chi connectivity index (χ2n) is 7.90. The molecule has 4 aromatic carbocycles. The molecule has 0 aliphatic rings. The van der Waals surface area contributed by atoms with E-state index in [9.17, 15) is 0 Å². The van der Waals surface area contributed by atoms with Crippen molar-refractivity contribution >= 4 is 43.9 Å². The third-order valence-electron chi connectivity index (χ3n) is 6.05. The Balaban J connectivity index is 0.00000206. The maximum Gasteiger partial charge on any atom is 0.147 e. The minimum absolute atomic E-state index is 0. The Morgan fingerprint density at radius 1 is 0.667 bits per heavy atom. The minimum Gasteiger partial charge on any atom is -0.456 e. The van der Waals surface area contributed by atoms with Gasteiger partial charge in [0, 0.05) is 42.5 Å². The number of hydrogen-bond donors (Lipinski definition) is 0. The van der Waals surface area contributed by atoms with Gasteiger partial charge in [-0.05, 0) is 41.1 Å². The molecule has 0 atom stereocenters. The number of furan rings is 2. The molecule has 0 fully saturated rings. The van der Waals surface area contributed by atoms with Crippen LogP contribution in [0, 0.1) is 6.07 Å². The number of hydrogen-bond acceptors (Lipinski definition) is 3. The molecule has 0 bridgehead atoms. The van der Waals surface area contributed by atoms with E-state index < -0.39 is 0 Å². The molecule has 3 aromatic heterocycles. The Labute approximate surface area is 203 Å². The maximum atomic E-state index is 6.43. The summed E-state index contributed by atoms with van der Waals surface area (Å²) in [6, 6.07) is 33.8. The van der Waals surface area contributed by atoms with Crippen LogP contribution in [-0.2, 0) is 20.1 Å². The van der Waals surface area contributed by atoms with Crippen molar-refractivity contribution in [2.75, 3.05) is 0 Å².